The molecule has 2 N–H and O–H groups in total. The predicted octanol–water partition coefficient (Wildman–Crippen LogP) is 1.86. The van der Waals surface area contributed by atoms with Gasteiger partial charge >= 0.3 is 0 Å². The first-order valence-electron chi connectivity index (χ1n) is 7.25. The zero-order valence-corrected chi connectivity index (χ0v) is 12.2. The predicted molar refractivity (Wildman–Crippen MR) is 80.6 cm³/mol. The van der Waals surface area contributed by atoms with Gasteiger partial charge in [0.2, 0.25) is 5.91 Å². The van der Waals surface area contributed by atoms with E-state index >= 15 is 0 Å². The molecule has 0 aliphatic carbocycles. The van der Waals surface area contributed by atoms with Crippen LogP contribution in [0.2, 0.25) is 0 Å². The van der Waals surface area contributed by atoms with E-state index in [2.05, 4.69) is 16.2 Å². The summed E-state index contributed by atoms with van der Waals surface area (Å²) in [5.41, 5.74) is 8.31. The summed E-state index contributed by atoms with van der Waals surface area (Å²) < 4.78 is 1.85. The Morgan fingerprint density at radius 1 is 1.48 bits per heavy atom. The molecule has 1 aliphatic rings. The summed E-state index contributed by atoms with van der Waals surface area (Å²) in [6.45, 7) is 1.90. The maximum absolute atomic E-state index is 11.3. The van der Waals surface area contributed by atoms with E-state index in [1.807, 2.05) is 36.1 Å². The maximum Gasteiger partial charge on any atom is 0.248 e. The van der Waals surface area contributed by atoms with Crippen LogP contribution >= 0.6 is 0 Å². The van der Waals surface area contributed by atoms with Crippen LogP contribution < -0.4 is 5.73 Å². The van der Waals surface area contributed by atoms with Crippen LogP contribution in [0.4, 0.5) is 0 Å². The Hall–Kier alpha value is -2.14. The van der Waals surface area contributed by atoms with Crippen LogP contribution in [0.1, 0.15) is 40.4 Å². The molecule has 0 radical (unpaired) electrons. The number of nitrogens with two attached hydrogens (primary N) is 1. The number of benzene rings is 1. The molecule has 1 aromatic carbocycles. The smallest absolute Gasteiger partial charge is 0.248 e. The van der Waals surface area contributed by atoms with Crippen molar-refractivity contribution in [3.05, 3.63) is 53.3 Å². The molecule has 3 rings (SSSR count). The SMILES string of the molecule is Cn1cc([C@@H]2CCCN2Cc2cccc(C(N)=O)c2)cn1. The van der Waals surface area contributed by atoms with Crippen molar-refractivity contribution in [2.75, 3.05) is 6.54 Å². The third-order valence-electron chi connectivity index (χ3n) is 4.07. The number of primary amides is 1. The van der Waals surface area contributed by atoms with E-state index in [0.717, 1.165) is 25.1 Å². The molecule has 21 heavy (non-hydrogen) atoms. The summed E-state index contributed by atoms with van der Waals surface area (Å²) in [7, 11) is 1.94. The molecule has 1 saturated heterocycles. The molecule has 110 valence electrons. The minimum Gasteiger partial charge on any atom is -0.366 e. The van der Waals surface area contributed by atoms with Crippen LogP contribution in [0.5, 0.6) is 0 Å². The van der Waals surface area contributed by atoms with E-state index in [1.165, 1.54) is 12.0 Å². The molecule has 1 aliphatic heterocycles. The molecular weight excluding hydrogens is 264 g/mol. The quantitative estimate of drug-likeness (QED) is 0.932. The van der Waals surface area contributed by atoms with Gasteiger partial charge in [-0.3, -0.25) is 14.4 Å². The first-order valence-corrected chi connectivity index (χ1v) is 7.25. The Kier molecular flexibility index (Phi) is 3.75. The van der Waals surface area contributed by atoms with Gasteiger partial charge in [-0.25, -0.2) is 0 Å². The number of amides is 1. The van der Waals surface area contributed by atoms with E-state index in [-0.39, 0.29) is 5.91 Å². The number of hydrogen-bond donors (Lipinski definition) is 1. The highest BCUT2D eigenvalue weighted by Gasteiger charge is 2.26. The highest BCUT2D eigenvalue weighted by atomic mass is 16.1. The first kappa shape index (κ1) is 13.8. The summed E-state index contributed by atoms with van der Waals surface area (Å²) in [5.74, 6) is -0.373. The molecule has 1 fully saturated rings. The Morgan fingerprint density at radius 2 is 2.33 bits per heavy atom. The number of rotatable bonds is 4. The van der Waals surface area contributed by atoms with Crippen LogP contribution in [-0.4, -0.2) is 27.1 Å². The molecule has 1 aromatic heterocycles. The van der Waals surface area contributed by atoms with Gasteiger partial charge in [0.1, 0.15) is 0 Å². The average Bonchev–Trinajstić information content (AvgIpc) is 3.08. The number of hydrogen-bond acceptors (Lipinski definition) is 3. The second-order valence-electron chi connectivity index (χ2n) is 5.64. The Bertz CT molecular complexity index is 649. The largest absolute Gasteiger partial charge is 0.366 e. The molecule has 2 aromatic rings. The third kappa shape index (κ3) is 2.97. The number of aryl methyl sites for hydroxylation is 1. The van der Waals surface area contributed by atoms with Gasteiger partial charge in [0, 0.05) is 37.0 Å². The lowest BCUT2D eigenvalue weighted by Crippen LogP contribution is -2.23. The number of carbonyl (C=O) groups excluding carboxylic acids is 1. The topological polar surface area (TPSA) is 64.2 Å². The maximum atomic E-state index is 11.3. The fraction of sp³-hybridized carbons (Fsp3) is 0.375. The van der Waals surface area contributed by atoms with Crippen LogP contribution in [0.3, 0.4) is 0 Å². The van der Waals surface area contributed by atoms with E-state index in [1.54, 1.807) is 6.07 Å². The van der Waals surface area contributed by atoms with Crippen molar-refractivity contribution < 1.29 is 4.79 Å². The minimum absolute atomic E-state index is 0.373. The lowest BCUT2D eigenvalue weighted by atomic mass is 10.1. The van der Waals surface area contributed by atoms with Crippen LogP contribution in [0.15, 0.2) is 36.7 Å². The van der Waals surface area contributed by atoms with E-state index in [0.29, 0.717) is 11.6 Å². The number of aromatic nitrogens is 2. The Labute approximate surface area is 124 Å². The highest BCUT2D eigenvalue weighted by Crippen LogP contribution is 2.32. The van der Waals surface area contributed by atoms with Crippen molar-refractivity contribution in [3.63, 3.8) is 0 Å². The van der Waals surface area contributed by atoms with Gasteiger partial charge in [-0.2, -0.15) is 5.10 Å². The van der Waals surface area contributed by atoms with Crippen molar-refractivity contribution >= 4 is 5.91 Å². The van der Waals surface area contributed by atoms with Crippen molar-refractivity contribution in [1.29, 1.82) is 0 Å². The summed E-state index contributed by atoms with van der Waals surface area (Å²) in [4.78, 5) is 13.7. The molecule has 5 heteroatoms. The standard InChI is InChI=1S/C16H20N4O/c1-19-11-14(9-18-19)15-6-3-7-20(15)10-12-4-2-5-13(8-12)16(17)21/h2,4-5,8-9,11,15H,3,6-7,10H2,1H3,(H2,17,21)/t15-/m0/s1. The molecule has 1 atom stereocenters. The molecule has 2 heterocycles. The number of carbonyl (C=O) groups is 1. The second-order valence-corrected chi connectivity index (χ2v) is 5.64. The second kappa shape index (κ2) is 5.69. The summed E-state index contributed by atoms with van der Waals surface area (Å²) in [6.07, 6.45) is 6.38. The average molecular weight is 284 g/mol. The molecule has 1 amide bonds. The molecule has 0 bridgehead atoms. The Morgan fingerprint density at radius 3 is 3.05 bits per heavy atom. The van der Waals surface area contributed by atoms with Gasteiger partial charge < -0.3 is 5.73 Å². The number of nitrogens with zero attached hydrogens (tertiary/aromatic N) is 3. The fourth-order valence-electron chi connectivity index (χ4n) is 3.06. The Balaban J connectivity index is 1.77. The highest BCUT2D eigenvalue weighted by molar-refractivity contribution is 5.92. The van der Waals surface area contributed by atoms with Crippen molar-refractivity contribution in [2.24, 2.45) is 12.8 Å². The lowest BCUT2D eigenvalue weighted by molar-refractivity contribution is 0.1000. The molecule has 5 nitrogen and oxygen atoms in total. The summed E-state index contributed by atoms with van der Waals surface area (Å²) in [6, 6.07) is 8.00. The van der Waals surface area contributed by atoms with Gasteiger partial charge in [0.25, 0.3) is 0 Å². The molecule has 0 saturated carbocycles. The van der Waals surface area contributed by atoms with Gasteiger partial charge in [0.15, 0.2) is 0 Å². The van der Waals surface area contributed by atoms with Crippen LogP contribution in [0.25, 0.3) is 0 Å². The third-order valence-corrected chi connectivity index (χ3v) is 4.07. The fourth-order valence-corrected chi connectivity index (χ4v) is 3.06. The van der Waals surface area contributed by atoms with Gasteiger partial charge in [0.05, 0.1) is 6.20 Å². The van der Waals surface area contributed by atoms with Crippen molar-refractivity contribution in [3.8, 4) is 0 Å². The van der Waals surface area contributed by atoms with E-state index in [4.69, 9.17) is 5.73 Å². The monoisotopic (exact) mass is 284 g/mol. The van der Waals surface area contributed by atoms with Crippen LogP contribution in [-0.2, 0) is 13.6 Å². The molecule has 0 spiro atoms. The molecule has 0 unspecified atom stereocenters. The lowest BCUT2D eigenvalue weighted by Gasteiger charge is -2.23. The zero-order valence-electron chi connectivity index (χ0n) is 12.2. The number of likely N-dealkylation sites (tertiary alicyclic amines) is 1. The van der Waals surface area contributed by atoms with Crippen LogP contribution in [0, 0.1) is 0 Å². The first-order chi connectivity index (χ1) is 10.1. The molecular formula is C16H20N4O. The normalized spacial score (nSPS) is 19.0. The van der Waals surface area contributed by atoms with Gasteiger partial charge in [-0.05, 0) is 37.1 Å². The summed E-state index contributed by atoms with van der Waals surface area (Å²) >= 11 is 0. The minimum atomic E-state index is -0.373. The summed E-state index contributed by atoms with van der Waals surface area (Å²) in [5, 5.41) is 4.27. The van der Waals surface area contributed by atoms with E-state index in [9.17, 15) is 4.79 Å². The van der Waals surface area contributed by atoms with Crippen molar-refractivity contribution in [1.82, 2.24) is 14.7 Å². The van der Waals surface area contributed by atoms with Gasteiger partial charge in [-0.1, -0.05) is 12.1 Å². The van der Waals surface area contributed by atoms with Gasteiger partial charge in [-0.15, -0.1) is 0 Å². The zero-order chi connectivity index (χ0) is 14.8. The van der Waals surface area contributed by atoms with E-state index < -0.39 is 0 Å². The van der Waals surface area contributed by atoms with Crippen molar-refractivity contribution in [2.45, 2.75) is 25.4 Å².